The highest BCUT2D eigenvalue weighted by molar-refractivity contribution is 6.36. The van der Waals surface area contributed by atoms with Gasteiger partial charge in [-0.2, -0.15) is 0 Å². The van der Waals surface area contributed by atoms with Crippen LogP contribution in [0, 0.1) is 12.3 Å². The Balaban J connectivity index is 0.952. The Morgan fingerprint density at radius 3 is 2.07 bits per heavy atom. The van der Waals surface area contributed by atoms with Gasteiger partial charge < -0.3 is 24.3 Å². The highest BCUT2D eigenvalue weighted by atomic mass is 35.5. The summed E-state index contributed by atoms with van der Waals surface area (Å²) in [4.78, 5) is 54.0. The summed E-state index contributed by atoms with van der Waals surface area (Å²) in [5, 5.41) is 13.1. The first-order chi connectivity index (χ1) is 26.9. The number of rotatable bonds is 9. The van der Waals surface area contributed by atoms with Crippen molar-refractivity contribution in [1.29, 1.82) is 0 Å². The van der Waals surface area contributed by atoms with Gasteiger partial charge in [0.2, 0.25) is 5.78 Å². The van der Waals surface area contributed by atoms with Crippen molar-refractivity contribution in [3.8, 4) is 11.1 Å². The fraction of sp³-hybridized carbons (Fsp3) is 0.512. The van der Waals surface area contributed by atoms with Crippen molar-refractivity contribution in [1.82, 2.24) is 28.9 Å². The third-order valence-corrected chi connectivity index (χ3v) is 13.6. The average molecular weight is 782 g/mol. The molecule has 1 saturated carbocycles. The number of halogens is 1. The summed E-state index contributed by atoms with van der Waals surface area (Å²) in [6.07, 6.45) is 6.94. The number of ether oxygens (including phenoxy) is 1. The molecule has 1 saturated heterocycles. The number of imidazole rings is 2. The van der Waals surface area contributed by atoms with E-state index in [2.05, 4.69) is 15.1 Å². The fourth-order valence-electron chi connectivity index (χ4n) is 9.48. The Bertz CT molecular complexity index is 2180. The van der Waals surface area contributed by atoms with Crippen molar-refractivity contribution >= 4 is 34.9 Å². The van der Waals surface area contributed by atoms with Crippen LogP contribution < -0.4 is 5.32 Å². The van der Waals surface area contributed by atoms with Gasteiger partial charge in [-0.1, -0.05) is 41.9 Å². The molecule has 0 bridgehead atoms. The molecule has 1 amide bonds. The van der Waals surface area contributed by atoms with Crippen LogP contribution in [0.2, 0.25) is 5.02 Å². The SMILES string of the molecule is Cc1c(CC(=O)c2nc3c(n2C)CCN(C2CCOCC2)C3)cccc1-c1cccc(NC(=O)c2nc3c(n2C)CCN(C2CCC(C)(C(=O)O)CC2)C3)c1Cl. The zero-order valence-electron chi connectivity index (χ0n) is 32.9. The second-order valence-corrected chi connectivity index (χ2v) is 16.8. The molecule has 0 unspecified atom stereocenters. The second-order valence-electron chi connectivity index (χ2n) is 16.5. The number of hydrogen-bond donors (Lipinski definition) is 2. The molecule has 4 aliphatic rings. The zero-order valence-corrected chi connectivity index (χ0v) is 33.6. The van der Waals surface area contributed by atoms with Crippen LogP contribution in [0.3, 0.4) is 0 Å². The van der Waals surface area contributed by atoms with Crippen molar-refractivity contribution in [2.45, 2.75) is 96.8 Å². The Labute approximate surface area is 333 Å². The minimum Gasteiger partial charge on any atom is -0.481 e. The Morgan fingerprint density at radius 1 is 0.857 bits per heavy atom. The molecule has 2 fully saturated rings. The normalized spacial score (nSPS) is 22.1. The maximum Gasteiger partial charge on any atom is 0.309 e. The summed E-state index contributed by atoms with van der Waals surface area (Å²) in [6, 6.07) is 12.3. The van der Waals surface area contributed by atoms with Crippen LogP contribution in [0.4, 0.5) is 5.69 Å². The van der Waals surface area contributed by atoms with Gasteiger partial charge in [-0.05, 0) is 75.1 Å². The number of amides is 1. The first-order valence-electron chi connectivity index (χ1n) is 20.0. The number of ketones is 1. The maximum absolute atomic E-state index is 13.8. The van der Waals surface area contributed by atoms with E-state index in [1.165, 1.54) is 0 Å². The number of hydrogen-bond acceptors (Lipinski definition) is 8. The topological polar surface area (TPSA) is 135 Å². The first-order valence-corrected chi connectivity index (χ1v) is 20.4. The van der Waals surface area contributed by atoms with Crippen LogP contribution in [0.1, 0.15) is 101 Å². The molecule has 5 heterocycles. The van der Waals surface area contributed by atoms with Crippen LogP contribution in [-0.4, -0.2) is 90.1 Å². The highest BCUT2D eigenvalue weighted by Gasteiger charge is 2.40. The van der Waals surface area contributed by atoms with E-state index in [9.17, 15) is 19.5 Å². The van der Waals surface area contributed by atoms with Gasteiger partial charge in [0.05, 0.1) is 27.5 Å². The third kappa shape index (κ3) is 7.21. The van der Waals surface area contributed by atoms with Crippen molar-refractivity contribution in [2.75, 3.05) is 31.6 Å². The van der Waals surface area contributed by atoms with Crippen LogP contribution in [0.15, 0.2) is 36.4 Å². The minimum atomic E-state index is -0.713. The van der Waals surface area contributed by atoms with Crippen molar-refractivity contribution in [3.05, 3.63) is 87.0 Å². The molecule has 3 aliphatic heterocycles. The number of carboxylic acid groups (broad SMARTS) is 1. The van der Waals surface area contributed by atoms with Gasteiger partial charge in [0.15, 0.2) is 11.6 Å². The lowest BCUT2D eigenvalue weighted by Crippen LogP contribution is -2.44. The summed E-state index contributed by atoms with van der Waals surface area (Å²) in [6.45, 7) is 8.67. The van der Waals surface area contributed by atoms with Gasteiger partial charge in [0.25, 0.3) is 5.91 Å². The van der Waals surface area contributed by atoms with Crippen molar-refractivity contribution in [3.63, 3.8) is 0 Å². The van der Waals surface area contributed by atoms with Gasteiger partial charge in [-0.25, -0.2) is 9.97 Å². The number of nitrogens with zero attached hydrogens (tertiary/aromatic N) is 6. The molecule has 2 N–H and O–H groups in total. The van der Waals surface area contributed by atoms with E-state index >= 15 is 0 Å². The number of carbonyl (C=O) groups excluding carboxylic acids is 2. The molecule has 8 rings (SSSR count). The number of Topliss-reactive ketones (excluding diaryl/α,β-unsaturated/α-hetero) is 1. The predicted molar refractivity (Wildman–Crippen MR) is 214 cm³/mol. The van der Waals surface area contributed by atoms with Crippen LogP contribution in [0.5, 0.6) is 0 Å². The van der Waals surface area contributed by atoms with E-state index in [0.29, 0.717) is 53.8 Å². The number of carbonyl (C=O) groups is 3. The fourth-order valence-corrected chi connectivity index (χ4v) is 9.75. The summed E-state index contributed by atoms with van der Waals surface area (Å²) in [7, 11) is 3.84. The molecule has 0 radical (unpaired) electrons. The van der Waals surface area contributed by atoms with Gasteiger partial charge >= 0.3 is 5.97 Å². The van der Waals surface area contributed by atoms with Gasteiger partial charge in [-0.15, -0.1) is 0 Å². The number of nitrogens with one attached hydrogen (secondary N) is 1. The molecule has 13 heteroatoms. The molecule has 0 spiro atoms. The molecule has 4 aromatic rings. The lowest BCUT2D eigenvalue weighted by Gasteiger charge is -2.41. The highest BCUT2D eigenvalue weighted by Crippen LogP contribution is 2.40. The Morgan fingerprint density at radius 2 is 1.43 bits per heavy atom. The molecule has 2 aromatic heterocycles. The van der Waals surface area contributed by atoms with E-state index in [1.807, 2.05) is 67.4 Å². The van der Waals surface area contributed by atoms with Gasteiger partial charge in [0, 0.05) is 102 Å². The molecule has 0 atom stereocenters. The van der Waals surface area contributed by atoms with Crippen LogP contribution >= 0.6 is 11.6 Å². The summed E-state index contributed by atoms with van der Waals surface area (Å²) >= 11 is 7.06. The van der Waals surface area contributed by atoms with E-state index in [1.54, 1.807) is 6.07 Å². The number of anilines is 1. The summed E-state index contributed by atoms with van der Waals surface area (Å²) in [5.41, 5.74) is 7.41. The van der Waals surface area contributed by atoms with Gasteiger partial charge in [-0.3, -0.25) is 24.2 Å². The third-order valence-electron chi connectivity index (χ3n) is 13.2. The lowest BCUT2D eigenvalue weighted by atomic mass is 9.73. The monoisotopic (exact) mass is 781 g/mol. The van der Waals surface area contributed by atoms with Gasteiger partial charge in [0.1, 0.15) is 0 Å². The van der Waals surface area contributed by atoms with E-state index in [-0.39, 0.29) is 18.1 Å². The van der Waals surface area contributed by atoms with Crippen molar-refractivity contribution < 1.29 is 24.2 Å². The number of benzene rings is 2. The zero-order chi connectivity index (χ0) is 39.3. The Hall–Kier alpha value is -4.36. The van der Waals surface area contributed by atoms with Crippen molar-refractivity contribution in [2.24, 2.45) is 19.5 Å². The molecule has 2 aromatic carbocycles. The number of carboxylic acids is 1. The minimum absolute atomic E-state index is 0.0207. The van der Waals surface area contributed by atoms with Crippen LogP contribution in [0.25, 0.3) is 11.1 Å². The number of aliphatic carboxylic acids is 1. The molecule has 296 valence electrons. The predicted octanol–water partition coefficient (Wildman–Crippen LogP) is 6.39. The molecule has 56 heavy (non-hydrogen) atoms. The lowest BCUT2D eigenvalue weighted by molar-refractivity contribution is -0.150. The summed E-state index contributed by atoms with van der Waals surface area (Å²) in [5.74, 6) is -0.253. The standard InChI is InChI=1S/C43H52ClN7O5/c1-26-27(23-37(52)39-45-33-24-51(20-13-35(33)48(39)3)29-15-21-56-22-16-29)7-5-8-30(26)31-9-6-10-32(38(31)44)47-41(53)40-46-34-25-50(19-14-36(34)49(40)4)28-11-17-43(2,18-12-28)42(54)55/h5-10,28-29H,11-25H2,1-4H3,(H,47,53)(H,54,55). The van der Waals surface area contributed by atoms with E-state index in [4.69, 9.17) is 26.3 Å². The largest absolute Gasteiger partial charge is 0.481 e. The van der Waals surface area contributed by atoms with Crippen LogP contribution in [-0.2, 0) is 56.0 Å². The summed E-state index contributed by atoms with van der Waals surface area (Å²) < 4.78 is 9.45. The molecule has 1 aliphatic carbocycles. The number of aromatic nitrogens is 4. The molecular weight excluding hydrogens is 730 g/mol. The second kappa shape index (κ2) is 15.5. The van der Waals surface area contributed by atoms with E-state index < -0.39 is 11.4 Å². The first kappa shape index (κ1) is 38.5. The van der Waals surface area contributed by atoms with E-state index in [0.717, 1.165) is 116 Å². The smallest absolute Gasteiger partial charge is 0.309 e. The molecule has 12 nitrogen and oxygen atoms in total. The average Bonchev–Trinajstić information content (AvgIpc) is 3.72. The maximum atomic E-state index is 13.8. The molecular formula is C43H52ClN7O5. The quantitative estimate of drug-likeness (QED) is 0.185. The Kier molecular flexibility index (Phi) is 10.7. The number of fused-ring (bicyclic) bond motifs is 2.